The van der Waals surface area contributed by atoms with Crippen molar-refractivity contribution in [3.8, 4) is 0 Å². The molecule has 2 rings (SSSR count). The SMILES string of the molecule is Cc1cc[c]c2[nH]c(=O)[nH]c12. The zero-order valence-corrected chi connectivity index (χ0v) is 6.06. The molecule has 0 unspecified atom stereocenters. The Labute approximate surface area is 63.1 Å². The maximum Gasteiger partial charge on any atom is 0.323 e. The molecule has 0 atom stereocenters. The quantitative estimate of drug-likeness (QED) is 0.573. The van der Waals surface area contributed by atoms with Crippen molar-refractivity contribution in [1.82, 2.24) is 9.97 Å². The molecule has 1 aromatic heterocycles. The van der Waals surface area contributed by atoms with Gasteiger partial charge in [-0.25, -0.2) is 4.79 Å². The van der Waals surface area contributed by atoms with Crippen LogP contribution in [0.2, 0.25) is 0 Å². The molecule has 1 heterocycles. The summed E-state index contributed by atoms with van der Waals surface area (Å²) in [7, 11) is 0. The van der Waals surface area contributed by atoms with Crippen LogP contribution in [0.15, 0.2) is 16.9 Å². The monoisotopic (exact) mass is 147 g/mol. The van der Waals surface area contributed by atoms with Crippen LogP contribution in [0, 0.1) is 13.0 Å². The van der Waals surface area contributed by atoms with Gasteiger partial charge in [-0.2, -0.15) is 0 Å². The molecule has 0 bridgehead atoms. The molecule has 55 valence electrons. The van der Waals surface area contributed by atoms with Crippen molar-refractivity contribution < 1.29 is 0 Å². The number of hydrogen-bond acceptors (Lipinski definition) is 1. The first-order valence-electron chi connectivity index (χ1n) is 3.36. The Morgan fingerprint density at radius 3 is 3.00 bits per heavy atom. The van der Waals surface area contributed by atoms with E-state index in [2.05, 4.69) is 16.0 Å². The van der Waals surface area contributed by atoms with Crippen molar-refractivity contribution >= 4 is 11.0 Å². The lowest BCUT2D eigenvalue weighted by atomic mass is 10.2. The van der Waals surface area contributed by atoms with Crippen LogP contribution in [0.5, 0.6) is 0 Å². The van der Waals surface area contributed by atoms with Crippen molar-refractivity contribution in [3.05, 3.63) is 34.2 Å². The van der Waals surface area contributed by atoms with E-state index in [4.69, 9.17) is 0 Å². The summed E-state index contributed by atoms with van der Waals surface area (Å²) in [5.41, 5.74) is 2.47. The van der Waals surface area contributed by atoms with Crippen molar-refractivity contribution in [3.63, 3.8) is 0 Å². The summed E-state index contributed by atoms with van der Waals surface area (Å²) in [4.78, 5) is 16.1. The zero-order chi connectivity index (χ0) is 7.84. The Kier molecular flexibility index (Phi) is 1.12. The minimum atomic E-state index is -0.175. The van der Waals surface area contributed by atoms with Gasteiger partial charge in [0.05, 0.1) is 11.0 Å². The smallest absolute Gasteiger partial charge is 0.305 e. The second-order valence-electron chi connectivity index (χ2n) is 2.49. The molecule has 2 N–H and O–H groups in total. The van der Waals surface area contributed by atoms with E-state index >= 15 is 0 Å². The Hall–Kier alpha value is -1.51. The number of aromatic amines is 2. The second kappa shape index (κ2) is 1.99. The molecule has 1 radical (unpaired) electrons. The minimum Gasteiger partial charge on any atom is -0.305 e. The number of aromatic nitrogens is 2. The molecule has 2 aromatic rings. The van der Waals surface area contributed by atoms with E-state index < -0.39 is 0 Å². The van der Waals surface area contributed by atoms with Crippen molar-refractivity contribution in [2.75, 3.05) is 0 Å². The highest BCUT2D eigenvalue weighted by Gasteiger charge is 1.98. The first-order valence-corrected chi connectivity index (χ1v) is 3.36. The van der Waals surface area contributed by atoms with Crippen LogP contribution < -0.4 is 5.69 Å². The van der Waals surface area contributed by atoms with Gasteiger partial charge in [-0.1, -0.05) is 12.1 Å². The maximum absolute atomic E-state index is 10.8. The first-order chi connectivity index (χ1) is 5.27. The average molecular weight is 147 g/mol. The van der Waals surface area contributed by atoms with Gasteiger partial charge < -0.3 is 9.97 Å². The van der Waals surface area contributed by atoms with Crippen LogP contribution in [-0.2, 0) is 0 Å². The molecule has 11 heavy (non-hydrogen) atoms. The topological polar surface area (TPSA) is 48.6 Å². The van der Waals surface area contributed by atoms with Crippen LogP contribution in [-0.4, -0.2) is 9.97 Å². The largest absolute Gasteiger partial charge is 0.323 e. The second-order valence-corrected chi connectivity index (χ2v) is 2.49. The van der Waals surface area contributed by atoms with E-state index in [9.17, 15) is 4.79 Å². The number of imidazole rings is 1. The predicted molar refractivity (Wildman–Crippen MR) is 42.5 cm³/mol. The molecule has 3 heteroatoms. The van der Waals surface area contributed by atoms with E-state index in [-0.39, 0.29) is 5.69 Å². The highest BCUT2D eigenvalue weighted by Crippen LogP contribution is 2.09. The van der Waals surface area contributed by atoms with Crippen molar-refractivity contribution in [2.24, 2.45) is 0 Å². The molecule has 0 saturated heterocycles. The third-order valence-electron chi connectivity index (χ3n) is 1.68. The fourth-order valence-electron chi connectivity index (χ4n) is 1.12. The van der Waals surface area contributed by atoms with E-state index in [0.717, 1.165) is 16.6 Å². The number of nitrogens with one attached hydrogen (secondary N) is 2. The molecule has 3 nitrogen and oxygen atoms in total. The highest BCUT2D eigenvalue weighted by atomic mass is 16.1. The first kappa shape index (κ1) is 6.22. The molecule has 0 aliphatic carbocycles. The van der Waals surface area contributed by atoms with Crippen molar-refractivity contribution in [2.45, 2.75) is 6.92 Å². The average Bonchev–Trinajstić information content (AvgIpc) is 2.31. The summed E-state index contributed by atoms with van der Waals surface area (Å²) < 4.78 is 0. The summed E-state index contributed by atoms with van der Waals surface area (Å²) in [6.07, 6.45) is 0. The van der Waals surface area contributed by atoms with Gasteiger partial charge in [0.15, 0.2) is 0 Å². The maximum atomic E-state index is 10.8. The molecule has 1 aromatic carbocycles. The van der Waals surface area contributed by atoms with Gasteiger partial charge in [0, 0.05) is 6.07 Å². The molecular weight excluding hydrogens is 140 g/mol. The molecule has 0 amide bonds. The van der Waals surface area contributed by atoms with Crippen LogP contribution in [0.25, 0.3) is 11.0 Å². The Morgan fingerprint density at radius 1 is 1.45 bits per heavy atom. The third-order valence-corrected chi connectivity index (χ3v) is 1.68. The normalized spacial score (nSPS) is 10.6. The third kappa shape index (κ3) is 0.852. The summed E-state index contributed by atoms with van der Waals surface area (Å²) in [5.74, 6) is 0. The molecule has 0 aliphatic rings. The number of rotatable bonds is 0. The fourth-order valence-corrected chi connectivity index (χ4v) is 1.12. The Bertz CT molecular complexity index is 439. The lowest BCUT2D eigenvalue weighted by molar-refractivity contribution is 1.21. The van der Waals surface area contributed by atoms with Gasteiger partial charge in [-0.3, -0.25) is 0 Å². The van der Waals surface area contributed by atoms with E-state index in [1.165, 1.54) is 0 Å². The summed E-state index contributed by atoms with van der Waals surface area (Å²) in [6.45, 7) is 1.94. The zero-order valence-electron chi connectivity index (χ0n) is 6.06. The minimum absolute atomic E-state index is 0.175. The molecule has 0 saturated carbocycles. The number of hydrogen-bond donors (Lipinski definition) is 2. The van der Waals surface area contributed by atoms with Crippen molar-refractivity contribution in [1.29, 1.82) is 0 Å². The summed E-state index contributed by atoms with van der Waals surface area (Å²) in [5, 5.41) is 0. The van der Waals surface area contributed by atoms with Crippen LogP contribution in [0.4, 0.5) is 0 Å². The van der Waals surface area contributed by atoms with E-state index in [0.29, 0.717) is 0 Å². The number of H-pyrrole nitrogens is 2. The number of aryl methyl sites for hydroxylation is 1. The van der Waals surface area contributed by atoms with Gasteiger partial charge in [0.25, 0.3) is 0 Å². The number of benzene rings is 1. The van der Waals surface area contributed by atoms with Gasteiger partial charge in [-0.05, 0) is 12.5 Å². The Morgan fingerprint density at radius 2 is 2.27 bits per heavy atom. The standard InChI is InChI=1S/C8H7N2O/c1-5-3-2-4-6-7(5)10-8(11)9-6/h2-3H,1H3,(H2,9,10,11). The van der Waals surface area contributed by atoms with Crippen LogP contribution in [0.3, 0.4) is 0 Å². The van der Waals surface area contributed by atoms with Crippen LogP contribution in [0.1, 0.15) is 5.56 Å². The predicted octanol–water partition coefficient (Wildman–Crippen LogP) is 0.965. The lowest BCUT2D eigenvalue weighted by Crippen LogP contribution is -1.99. The van der Waals surface area contributed by atoms with Crippen LogP contribution >= 0.6 is 0 Å². The van der Waals surface area contributed by atoms with Gasteiger partial charge in [0.1, 0.15) is 0 Å². The molecule has 0 spiro atoms. The van der Waals surface area contributed by atoms with Gasteiger partial charge >= 0.3 is 5.69 Å². The van der Waals surface area contributed by atoms with Gasteiger partial charge in [0.2, 0.25) is 0 Å². The van der Waals surface area contributed by atoms with E-state index in [1.807, 2.05) is 13.0 Å². The summed E-state index contributed by atoms with van der Waals surface area (Å²) in [6, 6.07) is 6.63. The van der Waals surface area contributed by atoms with E-state index in [1.54, 1.807) is 6.07 Å². The van der Waals surface area contributed by atoms with Gasteiger partial charge in [-0.15, -0.1) is 0 Å². The number of fused-ring (bicyclic) bond motifs is 1. The molecule has 0 aliphatic heterocycles. The highest BCUT2D eigenvalue weighted by molar-refractivity contribution is 5.76. The lowest BCUT2D eigenvalue weighted by Gasteiger charge is -1.90. The fraction of sp³-hybridized carbons (Fsp3) is 0.125. The Balaban J connectivity index is 3.01. The summed E-state index contributed by atoms with van der Waals surface area (Å²) >= 11 is 0. The molecule has 0 fully saturated rings. The molecular formula is C8H7N2O.